The monoisotopic (exact) mass is 360 g/mol. The summed E-state index contributed by atoms with van der Waals surface area (Å²) in [4.78, 5) is 15.1. The number of ether oxygens (including phenoxy) is 2. The van der Waals surface area contributed by atoms with Crippen LogP contribution in [0.3, 0.4) is 0 Å². The first-order chi connectivity index (χ1) is 12.5. The van der Waals surface area contributed by atoms with Crippen LogP contribution in [0.15, 0.2) is 12.1 Å². The third-order valence-electron chi connectivity index (χ3n) is 6.11. The van der Waals surface area contributed by atoms with Gasteiger partial charge in [0, 0.05) is 19.1 Å². The fourth-order valence-corrected chi connectivity index (χ4v) is 4.24. The van der Waals surface area contributed by atoms with Gasteiger partial charge in [-0.25, -0.2) is 0 Å². The molecule has 144 valence electrons. The van der Waals surface area contributed by atoms with E-state index in [0.717, 1.165) is 37.4 Å². The molecule has 3 rings (SSSR count). The molecule has 1 heterocycles. The highest BCUT2D eigenvalue weighted by atomic mass is 16.5. The topological polar surface area (TPSA) is 50.8 Å². The highest BCUT2D eigenvalue weighted by Gasteiger charge is 2.29. The van der Waals surface area contributed by atoms with E-state index < -0.39 is 0 Å². The van der Waals surface area contributed by atoms with Crippen molar-refractivity contribution in [2.24, 2.45) is 5.92 Å². The van der Waals surface area contributed by atoms with Crippen LogP contribution >= 0.6 is 0 Å². The van der Waals surface area contributed by atoms with Crippen molar-refractivity contribution in [1.29, 1.82) is 0 Å². The summed E-state index contributed by atoms with van der Waals surface area (Å²) in [5.41, 5.74) is 2.51. The minimum Gasteiger partial charge on any atom is -0.493 e. The van der Waals surface area contributed by atoms with Crippen LogP contribution in [0.5, 0.6) is 11.5 Å². The Morgan fingerprint density at radius 3 is 2.46 bits per heavy atom. The van der Waals surface area contributed by atoms with Crippen molar-refractivity contribution in [3.63, 3.8) is 0 Å². The maximum Gasteiger partial charge on any atom is 0.237 e. The largest absolute Gasteiger partial charge is 0.493 e. The lowest BCUT2D eigenvalue weighted by Crippen LogP contribution is -2.51. The normalized spacial score (nSPS) is 24.5. The summed E-state index contributed by atoms with van der Waals surface area (Å²) in [5, 5.41) is 3.31. The Morgan fingerprint density at radius 2 is 1.81 bits per heavy atom. The van der Waals surface area contributed by atoms with Gasteiger partial charge in [-0.1, -0.05) is 19.8 Å². The van der Waals surface area contributed by atoms with E-state index in [1.807, 2.05) is 13.0 Å². The average molecular weight is 360 g/mol. The van der Waals surface area contributed by atoms with Crippen molar-refractivity contribution in [3.05, 3.63) is 23.3 Å². The van der Waals surface area contributed by atoms with E-state index in [9.17, 15) is 4.79 Å². The van der Waals surface area contributed by atoms with E-state index in [2.05, 4.69) is 23.2 Å². The van der Waals surface area contributed by atoms with E-state index in [0.29, 0.717) is 12.0 Å². The molecular weight excluding hydrogens is 328 g/mol. The fraction of sp³-hybridized carbons (Fsp3) is 0.667. The third-order valence-corrected chi connectivity index (χ3v) is 6.11. The summed E-state index contributed by atoms with van der Waals surface area (Å²) in [5.74, 6) is 2.27. The standard InChI is InChI=1S/C21H32N2O3/c1-14-7-5-6-8-18(14)22-21(24)15(2)23-10-9-16-11-19(25-3)20(26-4)12-17(16)13-23/h11-12,14-15,18H,5-10,13H2,1-4H3,(H,22,24). The number of hydrogen-bond donors (Lipinski definition) is 1. The van der Waals surface area contributed by atoms with Crippen LogP contribution in [-0.4, -0.2) is 43.7 Å². The number of benzene rings is 1. The summed E-state index contributed by atoms with van der Waals surface area (Å²) in [6.07, 6.45) is 5.77. The number of hydrogen-bond acceptors (Lipinski definition) is 4. The Bertz CT molecular complexity index is 646. The molecule has 26 heavy (non-hydrogen) atoms. The lowest BCUT2D eigenvalue weighted by molar-refractivity contribution is -0.127. The Morgan fingerprint density at radius 1 is 1.15 bits per heavy atom. The molecule has 0 bridgehead atoms. The van der Waals surface area contributed by atoms with Crippen molar-refractivity contribution in [2.75, 3.05) is 20.8 Å². The number of fused-ring (bicyclic) bond motifs is 1. The SMILES string of the molecule is COc1cc2c(cc1OC)CN(C(C)C(=O)NC1CCCCC1C)CC2. The highest BCUT2D eigenvalue weighted by molar-refractivity contribution is 5.81. The second-order valence-electron chi connectivity index (χ2n) is 7.75. The van der Waals surface area contributed by atoms with Gasteiger partial charge in [-0.2, -0.15) is 0 Å². The predicted molar refractivity (Wildman–Crippen MR) is 103 cm³/mol. The minimum absolute atomic E-state index is 0.120. The average Bonchev–Trinajstić information content (AvgIpc) is 2.67. The number of amides is 1. The van der Waals surface area contributed by atoms with Gasteiger partial charge in [0.05, 0.1) is 20.3 Å². The first kappa shape index (κ1) is 19.0. The maximum absolute atomic E-state index is 12.8. The van der Waals surface area contributed by atoms with Gasteiger partial charge in [0.15, 0.2) is 11.5 Å². The maximum atomic E-state index is 12.8. The lowest BCUT2D eigenvalue weighted by Gasteiger charge is -2.35. The summed E-state index contributed by atoms with van der Waals surface area (Å²) in [6, 6.07) is 4.33. The van der Waals surface area contributed by atoms with Crippen molar-refractivity contribution >= 4 is 5.91 Å². The Hall–Kier alpha value is -1.75. The van der Waals surface area contributed by atoms with Crippen molar-refractivity contribution in [1.82, 2.24) is 10.2 Å². The molecule has 1 aromatic carbocycles. The molecule has 0 spiro atoms. The van der Waals surface area contributed by atoms with Crippen LogP contribution in [0.1, 0.15) is 50.7 Å². The predicted octanol–water partition coefficient (Wildman–Crippen LogP) is 3.15. The summed E-state index contributed by atoms with van der Waals surface area (Å²) >= 11 is 0. The Balaban J connectivity index is 1.66. The molecule has 1 N–H and O–H groups in total. The number of nitrogens with zero attached hydrogens (tertiary/aromatic N) is 1. The van der Waals surface area contributed by atoms with E-state index in [1.54, 1.807) is 14.2 Å². The zero-order valence-electron chi connectivity index (χ0n) is 16.5. The second-order valence-corrected chi connectivity index (χ2v) is 7.75. The molecule has 0 radical (unpaired) electrons. The molecule has 3 unspecified atom stereocenters. The third kappa shape index (κ3) is 3.98. The van der Waals surface area contributed by atoms with Gasteiger partial charge in [-0.05, 0) is 55.4 Å². The van der Waals surface area contributed by atoms with Gasteiger partial charge in [0.25, 0.3) is 0 Å². The van der Waals surface area contributed by atoms with Crippen LogP contribution in [0.2, 0.25) is 0 Å². The zero-order chi connectivity index (χ0) is 18.7. The molecule has 1 fully saturated rings. The Kier molecular flexibility index (Phi) is 6.07. The molecule has 3 atom stereocenters. The number of carbonyl (C=O) groups excluding carboxylic acids is 1. The number of nitrogens with one attached hydrogen (secondary N) is 1. The molecule has 1 aliphatic heterocycles. The van der Waals surface area contributed by atoms with Crippen LogP contribution in [0.25, 0.3) is 0 Å². The molecular formula is C21H32N2O3. The van der Waals surface area contributed by atoms with Crippen LogP contribution in [0, 0.1) is 5.92 Å². The van der Waals surface area contributed by atoms with Gasteiger partial charge in [-0.15, -0.1) is 0 Å². The summed E-state index contributed by atoms with van der Waals surface area (Å²) in [6.45, 7) is 5.93. The highest BCUT2D eigenvalue weighted by Crippen LogP contribution is 2.33. The second kappa shape index (κ2) is 8.30. The summed E-state index contributed by atoms with van der Waals surface area (Å²) in [7, 11) is 3.32. The minimum atomic E-state index is -0.120. The molecule has 5 heteroatoms. The molecule has 2 aliphatic rings. The molecule has 1 amide bonds. The smallest absolute Gasteiger partial charge is 0.237 e. The molecule has 1 saturated carbocycles. The van der Waals surface area contributed by atoms with E-state index in [4.69, 9.17) is 9.47 Å². The molecule has 1 aliphatic carbocycles. The molecule has 0 aromatic heterocycles. The van der Waals surface area contributed by atoms with Gasteiger partial charge in [-0.3, -0.25) is 9.69 Å². The number of carbonyl (C=O) groups is 1. The van der Waals surface area contributed by atoms with Crippen LogP contribution in [-0.2, 0) is 17.8 Å². The van der Waals surface area contributed by atoms with E-state index in [-0.39, 0.29) is 11.9 Å². The summed E-state index contributed by atoms with van der Waals surface area (Å²) < 4.78 is 10.8. The van der Waals surface area contributed by atoms with Crippen molar-refractivity contribution in [2.45, 2.75) is 64.6 Å². The van der Waals surface area contributed by atoms with E-state index in [1.165, 1.54) is 30.4 Å². The number of methoxy groups -OCH3 is 2. The van der Waals surface area contributed by atoms with E-state index >= 15 is 0 Å². The van der Waals surface area contributed by atoms with Gasteiger partial charge < -0.3 is 14.8 Å². The van der Waals surface area contributed by atoms with Crippen molar-refractivity contribution < 1.29 is 14.3 Å². The van der Waals surface area contributed by atoms with Crippen LogP contribution < -0.4 is 14.8 Å². The lowest BCUT2D eigenvalue weighted by atomic mass is 9.86. The van der Waals surface area contributed by atoms with Crippen LogP contribution in [0.4, 0.5) is 0 Å². The quantitative estimate of drug-likeness (QED) is 0.876. The fourth-order valence-electron chi connectivity index (χ4n) is 4.24. The molecule has 0 saturated heterocycles. The number of rotatable bonds is 5. The molecule has 5 nitrogen and oxygen atoms in total. The zero-order valence-corrected chi connectivity index (χ0v) is 16.5. The van der Waals surface area contributed by atoms with Crippen molar-refractivity contribution in [3.8, 4) is 11.5 Å². The van der Waals surface area contributed by atoms with Gasteiger partial charge in [0.1, 0.15) is 0 Å². The first-order valence-electron chi connectivity index (χ1n) is 9.81. The van der Waals surface area contributed by atoms with Gasteiger partial charge >= 0.3 is 0 Å². The Labute approximate surface area is 157 Å². The molecule has 1 aromatic rings. The first-order valence-corrected chi connectivity index (χ1v) is 9.81. The van der Waals surface area contributed by atoms with Gasteiger partial charge in [0.2, 0.25) is 5.91 Å².